The van der Waals surface area contributed by atoms with Crippen molar-refractivity contribution in [2.75, 3.05) is 18.9 Å². The number of aromatic hydroxyl groups is 1. The molecule has 0 saturated carbocycles. The maximum Gasteiger partial charge on any atom is 0.144 e. The summed E-state index contributed by atoms with van der Waals surface area (Å²) in [5.74, 6) is 0.276. The van der Waals surface area contributed by atoms with Crippen LogP contribution in [0.4, 0.5) is 5.69 Å². The summed E-state index contributed by atoms with van der Waals surface area (Å²) in [7, 11) is 1.90. The van der Waals surface area contributed by atoms with Crippen LogP contribution < -0.4 is 10.6 Å². The van der Waals surface area contributed by atoms with Gasteiger partial charge in [-0.1, -0.05) is 42.0 Å². The molecule has 0 bridgehead atoms. The average Bonchev–Trinajstić information content (AvgIpc) is 2.54. The number of hydrogen-bond acceptors (Lipinski definition) is 3. The predicted molar refractivity (Wildman–Crippen MR) is 88.9 cm³/mol. The zero-order valence-corrected chi connectivity index (χ0v) is 12.7. The molecule has 1 aliphatic heterocycles. The molecule has 3 rings (SSSR count). The molecule has 2 aliphatic rings. The van der Waals surface area contributed by atoms with E-state index in [0.29, 0.717) is 11.6 Å². The smallest absolute Gasteiger partial charge is 0.144 e. The number of phenolic OH excluding ortho intramolecular Hbond substituents is 1. The summed E-state index contributed by atoms with van der Waals surface area (Å²) in [5.41, 5.74) is 3.55. The first-order valence-corrected chi connectivity index (χ1v) is 7.59. The lowest BCUT2D eigenvalue weighted by Gasteiger charge is -2.25. The quantitative estimate of drug-likeness (QED) is 0.739. The highest BCUT2D eigenvalue weighted by molar-refractivity contribution is 6.33. The van der Waals surface area contributed by atoms with Gasteiger partial charge in [-0.2, -0.15) is 0 Å². The molecule has 1 aromatic carbocycles. The molecular weight excluding hydrogens is 284 g/mol. The average molecular weight is 303 g/mol. The summed E-state index contributed by atoms with van der Waals surface area (Å²) in [6.45, 7) is 0.702. The minimum absolute atomic E-state index is 0.0583. The molecule has 3 N–H and O–H groups in total. The molecule has 0 saturated heterocycles. The zero-order valence-electron chi connectivity index (χ0n) is 12.0. The van der Waals surface area contributed by atoms with Crippen LogP contribution >= 0.6 is 11.6 Å². The summed E-state index contributed by atoms with van der Waals surface area (Å²) >= 11 is 6.39. The second-order valence-corrected chi connectivity index (χ2v) is 5.68. The lowest BCUT2D eigenvalue weighted by Crippen LogP contribution is -2.19. The molecule has 1 heterocycles. The molecule has 0 amide bonds. The minimum atomic E-state index is -0.0583. The first kappa shape index (κ1) is 14.2. The van der Waals surface area contributed by atoms with Crippen molar-refractivity contribution in [3.63, 3.8) is 0 Å². The van der Waals surface area contributed by atoms with Gasteiger partial charge in [0.05, 0.1) is 16.8 Å². The van der Waals surface area contributed by atoms with Crippen LogP contribution in [0.2, 0.25) is 5.02 Å². The number of halogens is 1. The number of benzene rings is 1. The lowest BCUT2D eigenvalue weighted by atomic mass is 9.92. The van der Waals surface area contributed by atoms with Gasteiger partial charge in [0.2, 0.25) is 0 Å². The Morgan fingerprint density at radius 1 is 1.29 bits per heavy atom. The van der Waals surface area contributed by atoms with Gasteiger partial charge in [-0.25, -0.2) is 0 Å². The fraction of sp³-hybridized carbons (Fsp3) is 0.294. The number of anilines is 1. The van der Waals surface area contributed by atoms with Crippen molar-refractivity contribution in [1.29, 1.82) is 0 Å². The van der Waals surface area contributed by atoms with Crippen LogP contribution in [0.15, 0.2) is 35.9 Å². The highest BCUT2D eigenvalue weighted by Crippen LogP contribution is 2.43. The van der Waals surface area contributed by atoms with E-state index in [0.717, 1.165) is 29.7 Å². The van der Waals surface area contributed by atoms with Gasteiger partial charge in [-0.05, 0) is 31.5 Å². The third-order valence-corrected chi connectivity index (χ3v) is 4.27. The van der Waals surface area contributed by atoms with Crippen molar-refractivity contribution in [1.82, 2.24) is 5.32 Å². The van der Waals surface area contributed by atoms with Crippen LogP contribution in [0.5, 0.6) is 5.75 Å². The van der Waals surface area contributed by atoms with E-state index in [2.05, 4.69) is 28.9 Å². The van der Waals surface area contributed by atoms with E-state index in [1.807, 2.05) is 25.3 Å². The first-order chi connectivity index (χ1) is 10.2. The molecular formula is C17H19ClN2O. The highest BCUT2D eigenvalue weighted by atomic mass is 35.5. The molecule has 21 heavy (non-hydrogen) atoms. The van der Waals surface area contributed by atoms with Gasteiger partial charge in [-0.15, -0.1) is 0 Å². The van der Waals surface area contributed by atoms with E-state index in [4.69, 9.17) is 11.6 Å². The third-order valence-electron chi connectivity index (χ3n) is 3.96. The Hall–Kier alpha value is -1.71. The maximum atomic E-state index is 10.6. The fourth-order valence-electron chi connectivity index (χ4n) is 2.92. The number of hydrogen-bond donors (Lipinski definition) is 3. The molecule has 3 nitrogen and oxygen atoms in total. The molecule has 0 aromatic heterocycles. The van der Waals surface area contributed by atoms with Crippen LogP contribution in [-0.2, 0) is 0 Å². The number of nitrogens with one attached hydrogen (secondary N) is 2. The van der Waals surface area contributed by atoms with E-state index in [1.54, 1.807) is 0 Å². The second kappa shape index (κ2) is 5.96. The molecule has 1 aliphatic carbocycles. The summed E-state index contributed by atoms with van der Waals surface area (Å²) in [6, 6.07) is 1.80. The van der Waals surface area contributed by atoms with Gasteiger partial charge < -0.3 is 15.7 Å². The van der Waals surface area contributed by atoms with Gasteiger partial charge in [0, 0.05) is 17.7 Å². The van der Waals surface area contributed by atoms with E-state index in [1.165, 1.54) is 5.57 Å². The van der Waals surface area contributed by atoms with Gasteiger partial charge in [0.1, 0.15) is 5.75 Å². The monoisotopic (exact) mass is 302 g/mol. The lowest BCUT2D eigenvalue weighted by molar-refractivity contribution is 0.462. The molecule has 1 aromatic rings. The maximum absolute atomic E-state index is 10.6. The van der Waals surface area contributed by atoms with Crippen LogP contribution in [-0.4, -0.2) is 18.7 Å². The standard InChI is InChI=1S/C17H19ClN2O/c1-19-15(11-6-3-2-4-7-11)13-10-14(18)12-8-5-9-20-16(12)17(13)21/h3,5-8,10,15,19-21H,2,4,9H2,1H3. The number of rotatable bonds is 3. The SMILES string of the molecule is CNC(C1=CCCC=C1)c1cc(Cl)c2c(c1O)NCC=C2. The second-order valence-electron chi connectivity index (χ2n) is 5.27. The topological polar surface area (TPSA) is 44.3 Å². The highest BCUT2D eigenvalue weighted by Gasteiger charge is 2.23. The van der Waals surface area contributed by atoms with E-state index < -0.39 is 0 Å². The summed E-state index contributed by atoms with van der Waals surface area (Å²) in [4.78, 5) is 0. The molecule has 1 unspecified atom stereocenters. The van der Waals surface area contributed by atoms with Gasteiger partial charge in [-0.3, -0.25) is 0 Å². The summed E-state index contributed by atoms with van der Waals surface area (Å²) in [6.07, 6.45) is 12.5. The van der Waals surface area contributed by atoms with Crippen molar-refractivity contribution in [3.8, 4) is 5.75 Å². The van der Waals surface area contributed by atoms with Crippen molar-refractivity contribution in [3.05, 3.63) is 52.1 Å². The molecule has 1 atom stereocenters. The van der Waals surface area contributed by atoms with E-state index >= 15 is 0 Å². The third kappa shape index (κ3) is 2.59. The Balaban J connectivity index is 2.09. The van der Waals surface area contributed by atoms with Crippen LogP contribution in [0.1, 0.15) is 30.0 Å². The Morgan fingerprint density at radius 3 is 2.86 bits per heavy atom. The molecule has 4 heteroatoms. The van der Waals surface area contributed by atoms with Gasteiger partial charge >= 0.3 is 0 Å². The van der Waals surface area contributed by atoms with Crippen LogP contribution in [0, 0.1) is 0 Å². The molecule has 0 fully saturated rings. The van der Waals surface area contributed by atoms with Gasteiger partial charge in [0.25, 0.3) is 0 Å². The Labute approximate surface area is 130 Å². The normalized spacial score (nSPS) is 17.9. The van der Waals surface area contributed by atoms with E-state index in [9.17, 15) is 5.11 Å². The molecule has 0 radical (unpaired) electrons. The van der Waals surface area contributed by atoms with Crippen molar-refractivity contribution in [2.45, 2.75) is 18.9 Å². The summed E-state index contributed by atoms with van der Waals surface area (Å²) < 4.78 is 0. The Kier molecular flexibility index (Phi) is 4.04. The van der Waals surface area contributed by atoms with Crippen molar-refractivity contribution < 1.29 is 5.11 Å². The van der Waals surface area contributed by atoms with Crippen LogP contribution in [0.25, 0.3) is 6.08 Å². The number of fused-ring (bicyclic) bond motifs is 1. The minimum Gasteiger partial charge on any atom is -0.505 e. The fourth-order valence-corrected chi connectivity index (χ4v) is 3.20. The summed E-state index contributed by atoms with van der Waals surface area (Å²) in [5, 5.41) is 17.8. The number of allylic oxidation sites excluding steroid dienone is 2. The van der Waals surface area contributed by atoms with Crippen molar-refractivity contribution >= 4 is 23.4 Å². The van der Waals surface area contributed by atoms with E-state index in [-0.39, 0.29) is 11.8 Å². The Morgan fingerprint density at radius 2 is 2.14 bits per heavy atom. The van der Waals surface area contributed by atoms with Crippen molar-refractivity contribution in [2.24, 2.45) is 0 Å². The molecule has 0 spiro atoms. The number of likely N-dealkylation sites (N-methyl/N-ethyl adjacent to an activating group) is 1. The van der Waals surface area contributed by atoms with Crippen LogP contribution in [0.3, 0.4) is 0 Å². The first-order valence-electron chi connectivity index (χ1n) is 7.22. The number of phenols is 1. The largest absolute Gasteiger partial charge is 0.505 e. The molecule has 110 valence electrons. The Bertz CT molecular complexity index is 647. The zero-order chi connectivity index (χ0) is 14.8. The predicted octanol–water partition coefficient (Wildman–Crippen LogP) is 4.02. The van der Waals surface area contributed by atoms with Gasteiger partial charge in [0.15, 0.2) is 0 Å².